The van der Waals surface area contributed by atoms with Crippen molar-refractivity contribution in [1.29, 1.82) is 0 Å². The monoisotopic (exact) mass is 331 g/mol. The van der Waals surface area contributed by atoms with Crippen LogP contribution in [0.2, 0.25) is 0 Å². The number of nitrogens with one attached hydrogen (secondary N) is 1. The van der Waals surface area contributed by atoms with Crippen molar-refractivity contribution < 1.29 is 13.9 Å². The van der Waals surface area contributed by atoms with Crippen molar-refractivity contribution in [3.63, 3.8) is 0 Å². The smallest absolute Gasteiger partial charge is 0.315 e. The normalized spacial score (nSPS) is 15.2. The number of anilines is 1. The Labute approximate surface area is 142 Å². The first kappa shape index (κ1) is 16.6. The zero-order chi connectivity index (χ0) is 16.8. The van der Waals surface area contributed by atoms with E-state index in [0.29, 0.717) is 18.5 Å². The molecule has 1 saturated carbocycles. The number of hydrogen-bond acceptors (Lipinski definition) is 6. The quantitative estimate of drug-likeness (QED) is 0.832. The number of nitrogens with zero attached hydrogens (tertiary/aromatic N) is 2. The van der Waals surface area contributed by atoms with Crippen molar-refractivity contribution in [3.8, 4) is 11.5 Å². The molecule has 1 fully saturated rings. The Bertz CT molecular complexity index is 628. The summed E-state index contributed by atoms with van der Waals surface area (Å²) in [6.07, 6.45) is 7.44. The predicted octanol–water partition coefficient (Wildman–Crippen LogP) is 3.82. The zero-order valence-corrected chi connectivity index (χ0v) is 14.4. The van der Waals surface area contributed by atoms with Gasteiger partial charge in [0.15, 0.2) is 0 Å². The third-order valence-electron chi connectivity index (χ3n) is 4.51. The number of rotatable bonds is 7. The molecule has 0 atom stereocenters. The van der Waals surface area contributed by atoms with Gasteiger partial charge in [0.1, 0.15) is 11.5 Å². The summed E-state index contributed by atoms with van der Waals surface area (Å²) in [5, 5.41) is 11.4. The molecule has 1 heterocycles. The van der Waals surface area contributed by atoms with E-state index in [9.17, 15) is 0 Å². The highest BCUT2D eigenvalue weighted by molar-refractivity contribution is 5.39. The van der Waals surface area contributed by atoms with Crippen LogP contribution < -0.4 is 14.8 Å². The van der Waals surface area contributed by atoms with Crippen LogP contribution in [0, 0.1) is 5.92 Å². The van der Waals surface area contributed by atoms with E-state index in [2.05, 4.69) is 15.5 Å². The van der Waals surface area contributed by atoms with E-state index in [1.54, 1.807) is 14.2 Å². The van der Waals surface area contributed by atoms with Crippen molar-refractivity contribution in [2.45, 2.75) is 45.1 Å². The lowest BCUT2D eigenvalue weighted by Crippen LogP contribution is -2.09. The van der Waals surface area contributed by atoms with Crippen molar-refractivity contribution in [1.82, 2.24) is 10.2 Å². The summed E-state index contributed by atoms with van der Waals surface area (Å²) >= 11 is 0. The number of aromatic nitrogens is 2. The molecule has 0 bridgehead atoms. The van der Waals surface area contributed by atoms with Crippen LogP contribution in [0.25, 0.3) is 0 Å². The maximum absolute atomic E-state index is 5.73. The van der Waals surface area contributed by atoms with E-state index in [-0.39, 0.29) is 0 Å². The molecule has 0 saturated heterocycles. The number of benzene rings is 1. The van der Waals surface area contributed by atoms with Gasteiger partial charge in [-0.2, -0.15) is 0 Å². The molecule has 0 spiro atoms. The average Bonchev–Trinajstić information content (AvgIpc) is 3.08. The van der Waals surface area contributed by atoms with Crippen LogP contribution in [0.15, 0.2) is 22.6 Å². The van der Waals surface area contributed by atoms with E-state index in [1.165, 1.54) is 32.1 Å². The van der Waals surface area contributed by atoms with Gasteiger partial charge in [0.2, 0.25) is 5.89 Å². The van der Waals surface area contributed by atoms with Crippen LogP contribution in [0.4, 0.5) is 6.01 Å². The van der Waals surface area contributed by atoms with Crippen LogP contribution >= 0.6 is 0 Å². The lowest BCUT2D eigenvalue weighted by molar-refractivity contribution is 0.330. The first-order chi connectivity index (χ1) is 11.8. The maximum atomic E-state index is 5.73. The second-order valence-corrected chi connectivity index (χ2v) is 6.28. The molecule has 6 heteroatoms. The topological polar surface area (TPSA) is 69.4 Å². The molecule has 0 amide bonds. The van der Waals surface area contributed by atoms with Crippen LogP contribution in [0.3, 0.4) is 0 Å². The van der Waals surface area contributed by atoms with Gasteiger partial charge in [0.05, 0.1) is 14.2 Å². The summed E-state index contributed by atoms with van der Waals surface area (Å²) in [5.41, 5.74) is 1.03. The Balaban J connectivity index is 1.57. The van der Waals surface area contributed by atoms with Crippen LogP contribution in [0.1, 0.15) is 43.6 Å². The van der Waals surface area contributed by atoms with E-state index in [4.69, 9.17) is 13.9 Å². The minimum atomic E-state index is 0.461. The molecule has 0 radical (unpaired) electrons. The largest absolute Gasteiger partial charge is 0.497 e. The first-order valence-corrected chi connectivity index (χ1v) is 8.55. The fourth-order valence-electron chi connectivity index (χ4n) is 3.19. The molecule has 0 aliphatic heterocycles. The highest BCUT2D eigenvalue weighted by Crippen LogP contribution is 2.27. The van der Waals surface area contributed by atoms with Gasteiger partial charge < -0.3 is 19.2 Å². The van der Waals surface area contributed by atoms with Gasteiger partial charge in [0, 0.05) is 19.0 Å². The molecular weight excluding hydrogens is 306 g/mol. The first-order valence-electron chi connectivity index (χ1n) is 8.55. The van der Waals surface area contributed by atoms with E-state index < -0.39 is 0 Å². The summed E-state index contributed by atoms with van der Waals surface area (Å²) < 4.78 is 16.3. The number of methoxy groups -OCH3 is 2. The van der Waals surface area contributed by atoms with Gasteiger partial charge >= 0.3 is 6.01 Å². The van der Waals surface area contributed by atoms with Crippen molar-refractivity contribution in [2.75, 3.05) is 19.5 Å². The summed E-state index contributed by atoms with van der Waals surface area (Å²) in [7, 11) is 3.28. The lowest BCUT2D eigenvalue weighted by atomic mass is 9.87. The Hall–Kier alpha value is -2.24. The van der Waals surface area contributed by atoms with E-state index in [1.807, 2.05) is 18.2 Å². The van der Waals surface area contributed by atoms with Crippen molar-refractivity contribution >= 4 is 6.01 Å². The fraction of sp³-hybridized carbons (Fsp3) is 0.556. The van der Waals surface area contributed by atoms with Crippen molar-refractivity contribution in [2.24, 2.45) is 5.92 Å². The summed E-state index contributed by atoms with van der Waals surface area (Å²) in [5.74, 6) is 2.94. The van der Waals surface area contributed by atoms with Crippen LogP contribution in [0.5, 0.6) is 11.5 Å². The minimum Gasteiger partial charge on any atom is -0.497 e. The molecule has 130 valence electrons. The number of ether oxygens (including phenoxy) is 2. The highest BCUT2D eigenvalue weighted by atomic mass is 16.5. The van der Waals surface area contributed by atoms with Gasteiger partial charge in [-0.3, -0.25) is 0 Å². The fourth-order valence-corrected chi connectivity index (χ4v) is 3.19. The lowest BCUT2D eigenvalue weighted by Gasteiger charge is -2.19. The highest BCUT2D eigenvalue weighted by Gasteiger charge is 2.17. The Morgan fingerprint density at radius 1 is 1.04 bits per heavy atom. The molecule has 6 nitrogen and oxygen atoms in total. The third kappa shape index (κ3) is 4.40. The number of hydrogen-bond donors (Lipinski definition) is 1. The molecule has 1 aliphatic carbocycles. The van der Waals surface area contributed by atoms with E-state index >= 15 is 0 Å². The standard InChI is InChI=1S/C18H25N3O3/c1-22-15-8-14(9-16(11-15)23-2)12-19-18-21-20-17(24-18)10-13-6-4-3-5-7-13/h8-9,11,13H,3-7,10,12H2,1-2H3,(H,19,21). The minimum absolute atomic E-state index is 0.461. The molecule has 24 heavy (non-hydrogen) atoms. The van der Waals surface area contributed by atoms with Crippen molar-refractivity contribution in [3.05, 3.63) is 29.7 Å². The molecule has 1 N–H and O–H groups in total. The summed E-state index contributed by atoms with van der Waals surface area (Å²) in [6, 6.07) is 6.21. The van der Waals surface area contributed by atoms with Gasteiger partial charge in [-0.25, -0.2) is 0 Å². The zero-order valence-electron chi connectivity index (χ0n) is 14.4. The SMILES string of the molecule is COc1cc(CNc2nnc(CC3CCCCC3)o2)cc(OC)c1. The van der Waals surface area contributed by atoms with Gasteiger partial charge in [-0.1, -0.05) is 24.4 Å². The average molecular weight is 331 g/mol. The second-order valence-electron chi connectivity index (χ2n) is 6.28. The molecule has 0 unspecified atom stereocenters. The van der Waals surface area contributed by atoms with Gasteiger partial charge in [-0.15, -0.1) is 5.10 Å². The predicted molar refractivity (Wildman–Crippen MR) is 91.4 cm³/mol. The summed E-state index contributed by atoms with van der Waals surface area (Å²) in [4.78, 5) is 0. The van der Waals surface area contributed by atoms with Crippen LogP contribution in [-0.4, -0.2) is 24.4 Å². The summed E-state index contributed by atoms with van der Waals surface area (Å²) in [6.45, 7) is 0.568. The van der Waals surface area contributed by atoms with Crippen LogP contribution in [-0.2, 0) is 13.0 Å². The molecule has 2 aromatic rings. The maximum Gasteiger partial charge on any atom is 0.315 e. The van der Waals surface area contributed by atoms with Gasteiger partial charge in [-0.05, 0) is 36.5 Å². The molecular formula is C18H25N3O3. The Kier molecular flexibility index (Phi) is 5.56. The molecule has 3 rings (SSSR count). The third-order valence-corrected chi connectivity index (χ3v) is 4.51. The Morgan fingerprint density at radius 2 is 1.75 bits per heavy atom. The molecule has 1 aromatic carbocycles. The van der Waals surface area contributed by atoms with Gasteiger partial charge in [0.25, 0.3) is 0 Å². The van der Waals surface area contributed by atoms with E-state index in [0.717, 1.165) is 29.4 Å². The molecule has 1 aliphatic rings. The second kappa shape index (κ2) is 8.04. The Morgan fingerprint density at radius 3 is 2.42 bits per heavy atom. The molecule has 1 aromatic heterocycles.